The molecule has 0 saturated carbocycles. The van der Waals surface area contributed by atoms with Crippen LogP contribution in [0.1, 0.15) is 37.7 Å². The third-order valence-electron chi connectivity index (χ3n) is 6.14. The zero-order valence-electron chi connectivity index (χ0n) is 17.6. The van der Waals surface area contributed by atoms with Gasteiger partial charge in [-0.2, -0.15) is 0 Å². The summed E-state index contributed by atoms with van der Waals surface area (Å²) in [5.41, 5.74) is 2.17. The minimum Gasteiger partial charge on any atom is -0.490 e. The first kappa shape index (κ1) is 21.1. The van der Waals surface area contributed by atoms with Crippen molar-refractivity contribution in [3.63, 3.8) is 0 Å². The molecule has 0 radical (unpaired) electrons. The van der Waals surface area contributed by atoms with E-state index < -0.39 is 0 Å². The number of hydrogen-bond donors (Lipinski definition) is 1. The molecule has 2 aromatic rings. The Balaban J connectivity index is 1.16. The van der Waals surface area contributed by atoms with E-state index >= 15 is 0 Å². The molecule has 2 saturated heterocycles. The van der Waals surface area contributed by atoms with Crippen LogP contribution >= 0.6 is 0 Å². The summed E-state index contributed by atoms with van der Waals surface area (Å²) in [7, 11) is 0. The standard InChI is InChI=1S/C24H32FN3O2/c25-21-5-3-20(4-6-21)17-29-13-9-19-7-11-28(12-8-19)23-14-24(16-26-15-23)30-18-22-2-1-10-27-22/h3-6,14-16,19,22,27H,1-2,7-13,17-18H2. The largest absolute Gasteiger partial charge is 0.490 e. The smallest absolute Gasteiger partial charge is 0.139 e. The monoisotopic (exact) mass is 413 g/mol. The number of nitrogens with one attached hydrogen (secondary N) is 1. The van der Waals surface area contributed by atoms with Gasteiger partial charge in [0.1, 0.15) is 18.2 Å². The second-order valence-corrected chi connectivity index (χ2v) is 8.38. The normalized spacial score (nSPS) is 19.9. The lowest BCUT2D eigenvalue weighted by Crippen LogP contribution is -2.34. The zero-order chi connectivity index (χ0) is 20.6. The fraction of sp³-hybridized carbons (Fsp3) is 0.542. The fourth-order valence-electron chi connectivity index (χ4n) is 4.26. The molecule has 1 aromatic heterocycles. The van der Waals surface area contributed by atoms with Crippen LogP contribution in [0.25, 0.3) is 0 Å². The summed E-state index contributed by atoms with van der Waals surface area (Å²) in [4.78, 5) is 6.79. The number of pyridine rings is 1. The minimum absolute atomic E-state index is 0.205. The Morgan fingerprint density at radius 2 is 1.93 bits per heavy atom. The van der Waals surface area contributed by atoms with Gasteiger partial charge in [0.05, 0.1) is 24.7 Å². The van der Waals surface area contributed by atoms with Gasteiger partial charge in [0.25, 0.3) is 0 Å². The van der Waals surface area contributed by atoms with E-state index in [2.05, 4.69) is 21.3 Å². The highest BCUT2D eigenvalue weighted by atomic mass is 19.1. The highest BCUT2D eigenvalue weighted by Gasteiger charge is 2.20. The molecule has 0 aliphatic carbocycles. The van der Waals surface area contributed by atoms with E-state index in [0.29, 0.717) is 25.2 Å². The molecule has 2 fully saturated rings. The third-order valence-corrected chi connectivity index (χ3v) is 6.14. The van der Waals surface area contributed by atoms with Crippen molar-refractivity contribution in [2.45, 2.75) is 44.8 Å². The van der Waals surface area contributed by atoms with Gasteiger partial charge < -0.3 is 19.7 Å². The van der Waals surface area contributed by atoms with Gasteiger partial charge in [-0.25, -0.2) is 4.39 Å². The average molecular weight is 414 g/mol. The number of benzene rings is 1. The molecular weight excluding hydrogens is 381 g/mol. The Hall–Kier alpha value is -2.18. The molecule has 1 aromatic carbocycles. The third kappa shape index (κ3) is 6.16. The second-order valence-electron chi connectivity index (χ2n) is 8.38. The average Bonchev–Trinajstić information content (AvgIpc) is 3.31. The van der Waals surface area contributed by atoms with Gasteiger partial charge >= 0.3 is 0 Å². The fourth-order valence-corrected chi connectivity index (χ4v) is 4.26. The van der Waals surface area contributed by atoms with Crippen molar-refractivity contribution in [2.24, 2.45) is 5.92 Å². The summed E-state index contributed by atoms with van der Waals surface area (Å²) in [6.07, 6.45) is 9.57. The van der Waals surface area contributed by atoms with Crippen molar-refractivity contribution in [2.75, 3.05) is 37.7 Å². The molecule has 0 amide bonds. The molecule has 5 nitrogen and oxygen atoms in total. The summed E-state index contributed by atoms with van der Waals surface area (Å²) < 4.78 is 24.7. The number of ether oxygens (including phenoxy) is 2. The Morgan fingerprint density at radius 1 is 1.10 bits per heavy atom. The van der Waals surface area contributed by atoms with Gasteiger partial charge in [-0.05, 0) is 62.3 Å². The van der Waals surface area contributed by atoms with Crippen LogP contribution < -0.4 is 15.0 Å². The molecular formula is C24H32FN3O2. The number of halogens is 1. The first-order valence-corrected chi connectivity index (χ1v) is 11.1. The summed E-state index contributed by atoms with van der Waals surface area (Å²) in [5.74, 6) is 1.34. The van der Waals surface area contributed by atoms with E-state index in [4.69, 9.17) is 9.47 Å². The predicted octanol–water partition coefficient (Wildman–Crippen LogP) is 4.17. The molecule has 6 heteroatoms. The number of hydrogen-bond acceptors (Lipinski definition) is 5. The van der Waals surface area contributed by atoms with Crippen molar-refractivity contribution in [3.05, 3.63) is 54.1 Å². The van der Waals surface area contributed by atoms with Gasteiger partial charge in [-0.1, -0.05) is 12.1 Å². The van der Waals surface area contributed by atoms with Crippen molar-refractivity contribution < 1.29 is 13.9 Å². The quantitative estimate of drug-likeness (QED) is 0.625. The van der Waals surface area contributed by atoms with Crippen LogP contribution in [0.5, 0.6) is 5.75 Å². The van der Waals surface area contributed by atoms with Gasteiger partial charge in [0, 0.05) is 31.8 Å². The van der Waals surface area contributed by atoms with Gasteiger partial charge in [-0.3, -0.25) is 4.98 Å². The second kappa shape index (κ2) is 10.7. The molecule has 3 heterocycles. The molecule has 1 atom stereocenters. The van der Waals surface area contributed by atoms with E-state index in [1.807, 2.05) is 12.4 Å². The Labute approximate surface area is 178 Å². The molecule has 2 aliphatic heterocycles. The summed E-state index contributed by atoms with van der Waals surface area (Å²) >= 11 is 0. The highest BCUT2D eigenvalue weighted by molar-refractivity contribution is 5.48. The molecule has 162 valence electrons. The van der Waals surface area contributed by atoms with E-state index in [9.17, 15) is 4.39 Å². The zero-order valence-corrected chi connectivity index (χ0v) is 17.6. The molecule has 1 N–H and O–H groups in total. The lowest BCUT2D eigenvalue weighted by atomic mass is 9.94. The summed E-state index contributed by atoms with van der Waals surface area (Å²) in [6, 6.07) is 9.11. The molecule has 30 heavy (non-hydrogen) atoms. The molecule has 2 aliphatic rings. The lowest BCUT2D eigenvalue weighted by molar-refractivity contribution is 0.104. The van der Waals surface area contributed by atoms with Crippen molar-refractivity contribution in [1.29, 1.82) is 0 Å². The van der Waals surface area contributed by atoms with Crippen molar-refractivity contribution in [3.8, 4) is 5.75 Å². The van der Waals surface area contributed by atoms with Crippen molar-refractivity contribution in [1.82, 2.24) is 10.3 Å². The van der Waals surface area contributed by atoms with Crippen molar-refractivity contribution >= 4 is 5.69 Å². The maximum Gasteiger partial charge on any atom is 0.139 e. The van der Waals surface area contributed by atoms with Crippen LogP contribution in [-0.4, -0.2) is 43.9 Å². The van der Waals surface area contributed by atoms with Gasteiger partial charge in [-0.15, -0.1) is 0 Å². The number of rotatable bonds is 9. The molecule has 1 unspecified atom stereocenters. The Bertz CT molecular complexity index is 772. The topological polar surface area (TPSA) is 46.6 Å². The van der Waals surface area contributed by atoms with Gasteiger partial charge in [0.15, 0.2) is 0 Å². The number of anilines is 1. The van der Waals surface area contributed by atoms with Crippen LogP contribution in [0.2, 0.25) is 0 Å². The predicted molar refractivity (Wildman–Crippen MR) is 116 cm³/mol. The Kier molecular flexibility index (Phi) is 7.54. The van der Waals surface area contributed by atoms with Crippen LogP contribution in [0.3, 0.4) is 0 Å². The first-order chi connectivity index (χ1) is 14.8. The van der Waals surface area contributed by atoms with Crippen LogP contribution in [0, 0.1) is 11.7 Å². The molecule has 0 bridgehead atoms. The van der Waals surface area contributed by atoms with E-state index in [1.165, 1.54) is 25.0 Å². The molecule has 0 spiro atoms. The number of aromatic nitrogens is 1. The summed E-state index contributed by atoms with van der Waals surface area (Å²) in [5, 5.41) is 3.46. The maximum atomic E-state index is 12.9. The molecule has 4 rings (SSSR count). The first-order valence-electron chi connectivity index (χ1n) is 11.1. The lowest BCUT2D eigenvalue weighted by Gasteiger charge is -2.33. The van der Waals surface area contributed by atoms with E-state index in [1.54, 1.807) is 12.1 Å². The Morgan fingerprint density at radius 3 is 2.70 bits per heavy atom. The van der Waals surface area contributed by atoms with Gasteiger partial charge in [0.2, 0.25) is 0 Å². The highest BCUT2D eigenvalue weighted by Crippen LogP contribution is 2.27. The number of piperidine rings is 1. The van der Waals surface area contributed by atoms with E-state index in [0.717, 1.165) is 62.5 Å². The van der Waals surface area contributed by atoms with Crippen LogP contribution in [0.15, 0.2) is 42.7 Å². The van der Waals surface area contributed by atoms with Crippen LogP contribution in [0.4, 0.5) is 10.1 Å². The minimum atomic E-state index is -0.205. The maximum absolute atomic E-state index is 12.9. The number of nitrogens with zero attached hydrogens (tertiary/aromatic N) is 2. The summed E-state index contributed by atoms with van der Waals surface area (Å²) in [6.45, 7) is 5.19. The van der Waals surface area contributed by atoms with E-state index in [-0.39, 0.29) is 5.82 Å². The van der Waals surface area contributed by atoms with Crippen LogP contribution in [-0.2, 0) is 11.3 Å². The SMILES string of the molecule is Fc1ccc(COCCC2CCN(c3cncc(OCC4CCCN4)c3)CC2)cc1.